The predicted molar refractivity (Wildman–Crippen MR) is 50.4 cm³/mol. The zero-order valence-corrected chi connectivity index (χ0v) is 7.65. The van der Waals surface area contributed by atoms with Crippen LogP contribution in [0.3, 0.4) is 0 Å². The highest BCUT2D eigenvalue weighted by atomic mass is 32.1. The minimum atomic E-state index is -4.65. The minimum absolute atomic E-state index is 0.257. The third kappa shape index (κ3) is 3.61. The monoisotopic (exact) mass is 221 g/mol. The van der Waals surface area contributed by atoms with E-state index in [0.29, 0.717) is 5.69 Å². The largest absolute Gasteiger partial charge is 0.573 e. The Labute approximate surface area is 83.7 Å². The van der Waals surface area contributed by atoms with Crippen molar-refractivity contribution in [2.45, 2.75) is 6.36 Å². The lowest BCUT2D eigenvalue weighted by Gasteiger charge is -2.08. The Hall–Kier alpha value is -1.30. The summed E-state index contributed by atoms with van der Waals surface area (Å²) in [7, 11) is 0. The van der Waals surface area contributed by atoms with E-state index < -0.39 is 6.36 Å². The lowest BCUT2D eigenvalue weighted by Crippen LogP contribution is -2.16. The van der Waals surface area contributed by atoms with E-state index in [1.54, 1.807) is 0 Å². The molecule has 76 valence electrons. The van der Waals surface area contributed by atoms with Gasteiger partial charge in [0, 0.05) is 5.69 Å². The zero-order valence-electron chi connectivity index (χ0n) is 6.84. The van der Waals surface area contributed by atoms with Gasteiger partial charge in [-0.2, -0.15) is 0 Å². The maximum Gasteiger partial charge on any atom is 0.573 e. The first-order chi connectivity index (χ1) is 6.51. The minimum Gasteiger partial charge on any atom is -0.406 e. The van der Waals surface area contributed by atoms with Gasteiger partial charge in [-0.1, -0.05) is 12.2 Å². The van der Waals surface area contributed by atoms with Crippen molar-refractivity contribution in [2.24, 2.45) is 0 Å². The molecule has 0 aromatic heterocycles. The summed E-state index contributed by atoms with van der Waals surface area (Å²) in [5.74, 6) is -0.257. The molecule has 0 heterocycles. The van der Waals surface area contributed by atoms with E-state index in [4.69, 9.17) is 0 Å². The number of nitrogens with one attached hydrogen (secondary N) is 1. The van der Waals surface area contributed by atoms with E-state index in [1.165, 1.54) is 29.8 Å². The molecule has 6 heteroatoms. The number of benzene rings is 1. The van der Waals surface area contributed by atoms with E-state index in [-0.39, 0.29) is 5.75 Å². The van der Waals surface area contributed by atoms with Gasteiger partial charge in [0.2, 0.25) is 0 Å². The number of thiocarbonyl (C=S) groups is 1. The van der Waals surface area contributed by atoms with Crippen LogP contribution in [0.15, 0.2) is 24.3 Å². The summed E-state index contributed by atoms with van der Waals surface area (Å²) < 4.78 is 38.9. The first-order valence-corrected chi connectivity index (χ1v) is 4.04. The standard InChI is InChI=1S/C8H6F3NOS/c9-8(10,11)13-7-3-1-6(2-4-7)12-5-14/h1-5H,(H,12,14). The summed E-state index contributed by atoms with van der Waals surface area (Å²) in [5, 5.41) is 2.65. The Kier molecular flexibility index (Phi) is 3.29. The molecule has 2 nitrogen and oxygen atoms in total. The van der Waals surface area contributed by atoms with Crippen LogP contribution in [0.2, 0.25) is 0 Å². The Morgan fingerprint density at radius 2 is 1.79 bits per heavy atom. The van der Waals surface area contributed by atoms with Crippen molar-refractivity contribution in [1.82, 2.24) is 0 Å². The van der Waals surface area contributed by atoms with Gasteiger partial charge in [0.05, 0.1) is 5.49 Å². The van der Waals surface area contributed by atoms with Crippen molar-refractivity contribution in [1.29, 1.82) is 0 Å². The summed E-state index contributed by atoms with van der Waals surface area (Å²) in [6.07, 6.45) is -4.65. The number of hydrogen-bond acceptors (Lipinski definition) is 2. The molecule has 0 spiro atoms. The molecule has 0 fully saturated rings. The number of rotatable bonds is 3. The number of anilines is 1. The molecule has 0 bridgehead atoms. The van der Waals surface area contributed by atoms with Gasteiger partial charge in [0.1, 0.15) is 5.75 Å². The fourth-order valence-electron chi connectivity index (χ4n) is 0.821. The van der Waals surface area contributed by atoms with Gasteiger partial charge in [0.15, 0.2) is 0 Å². The molecule has 0 saturated heterocycles. The predicted octanol–water partition coefficient (Wildman–Crippen LogP) is 2.95. The molecule has 0 saturated carbocycles. The first-order valence-electron chi connectivity index (χ1n) is 3.57. The van der Waals surface area contributed by atoms with Crippen molar-refractivity contribution in [3.63, 3.8) is 0 Å². The molecule has 1 rings (SSSR count). The average Bonchev–Trinajstić information content (AvgIpc) is 2.06. The second-order valence-corrected chi connectivity index (χ2v) is 2.57. The molecular weight excluding hydrogens is 215 g/mol. The van der Waals surface area contributed by atoms with Crippen molar-refractivity contribution < 1.29 is 17.9 Å². The van der Waals surface area contributed by atoms with Crippen molar-refractivity contribution in [2.75, 3.05) is 5.32 Å². The molecular formula is C8H6F3NOS. The third-order valence-corrected chi connectivity index (χ3v) is 1.43. The number of alkyl halides is 3. The van der Waals surface area contributed by atoms with Crippen LogP contribution in [0, 0.1) is 0 Å². The highest BCUT2D eigenvalue weighted by Gasteiger charge is 2.30. The third-order valence-electron chi connectivity index (χ3n) is 1.31. The van der Waals surface area contributed by atoms with Gasteiger partial charge >= 0.3 is 6.36 Å². The lowest BCUT2D eigenvalue weighted by atomic mass is 10.3. The molecule has 0 aliphatic carbocycles. The highest BCUT2D eigenvalue weighted by molar-refractivity contribution is 7.79. The van der Waals surface area contributed by atoms with Crippen molar-refractivity contribution in [3.8, 4) is 5.75 Å². The van der Waals surface area contributed by atoms with Gasteiger partial charge in [-0.25, -0.2) is 0 Å². The smallest absolute Gasteiger partial charge is 0.406 e. The Bertz CT molecular complexity index is 309. The van der Waals surface area contributed by atoms with Crippen LogP contribution in [0.1, 0.15) is 0 Å². The second-order valence-electron chi connectivity index (χ2n) is 2.33. The van der Waals surface area contributed by atoms with Crippen LogP contribution >= 0.6 is 12.2 Å². The molecule has 0 unspecified atom stereocenters. The van der Waals surface area contributed by atoms with E-state index in [1.807, 2.05) is 0 Å². The van der Waals surface area contributed by atoms with E-state index >= 15 is 0 Å². The molecule has 0 amide bonds. The maximum atomic E-state index is 11.7. The average molecular weight is 221 g/mol. The van der Waals surface area contributed by atoms with E-state index in [0.717, 1.165) is 0 Å². The zero-order chi connectivity index (χ0) is 10.6. The molecule has 0 aliphatic rings. The van der Waals surface area contributed by atoms with Crippen LogP contribution < -0.4 is 10.1 Å². The van der Waals surface area contributed by atoms with Crippen molar-refractivity contribution >= 4 is 23.4 Å². The summed E-state index contributed by atoms with van der Waals surface area (Å²) in [5.41, 5.74) is 1.87. The van der Waals surface area contributed by atoms with Crippen molar-refractivity contribution in [3.05, 3.63) is 24.3 Å². The maximum absolute atomic E-state index is 11.7. The van der Waals surface area contributed by atoms with Crippen LogP contribution in [0.4, 0.5) is 18.9 Å². The van der Waals surface area contributed by atoms with Gasteiger partial charge < -0.3 is 10.1 Å². The highest BCUT2D eigenvalue weighted by Crippen LogP contribution is 2.23. The summed E-state index contributed by atoms with van der Waals surface area (Å²) in [4.78, 5) is 0. The van der Waals surface area contributed by atoms with Gasteiger partial charge in [-0.05, 0) is 24.3 Å². The first kappa shape index (κ1) is 10.8. The fourth-order valence-corrected chi connectivity index (χ4v) is 0.957. The van der Waals surface area contributed by atoms with Gasteiger partial charge in [0.25, 0.3) is 0 Å². The summed E-state index contributed by atoms with van der Waals surface area (Å²) in [6.45, 7) is 0. The number of halogens is 3. The Morgan fingerprint density at radius 1 is 1.21 bits per heavy atom. The summed E-state index contributed by atoms with van der Waals surface area (Å²) >= 11 is 4.51. The molecule has 0 atom stereocenters. The van der Waals surface area contributed by atoms with Gasteiger partial charge in [-0.3, -0.25) is 0 Å². The van der Waals surface area contributed by atoms with Crippen LogP contribution in [0.25, 0.3) is 0 Å². The number of hydrogen-bond donors (Lipinski definition) is 1. The summed E-state index contributed by atoms with van der Waals surface area (Å²) in [6, 6.07) is 5.27. The topological polar surface area (TPSA) is 21.3 Å². The quantitative estimate of drug-likeness (QED) is 0.793. The van der Waals surface area contributed by atoms with E-state index in [2.05, 4.69) is 22.3 Å². The van der Waals surface area contributed by atoms with Crippen LogP contribution in [-0.2, 0) is 0 Å². The molecule has 0 radical (unpaired) electrons. The van der Waals surface area contributed by atoms with Gasteiger partial charge in [-0.15, -0.1) is 13.2 Å². The fraction of sp³-hybridized carbons (Fsp3) is 0.125. The molecule has 1 aromatic carbocycles. The Morgan fingerprint density at radius 3 is 2.21 bits per heavy atom. The molecule has 0 aliphatic heterocycles. The second kappa shape index (κ2) is 4.28. The normalized spacial score (nSPS) is 10.8. The van der Waals surface area contributed by atoms with E-state index in [9.17, 15) is 13.2 Å². The Balaban J connectivity index is 2.68. The molecule has 1 N–H and O–H groups in total. The molecule has 14 heavy (non-hydrogen) atoms. The van der Waals surface area contributed by atoms with Crippen LogP contribution in [0.5, 0.6) is 5.75 Å². The lowest BCUT2D eigenvalue weighted by molar-refractivity contribution is -0.274. The SMILES string of the molecule is FC(F)(F)Oc1ccc(NC=S)cc1. The van der Waals surface area contributed by atoms with Crippen LogP contribution in [-0.4, -0.2) is 11.9 Å². The number of ether oxygens (including phenoxy) is 1. The molecule has 1 aromatic rings.